The van der Waals surface area contributed by atoms with Crippen molar-refractivity contribution in [1.82, 2.24) is 5.32 Å². The van der Waals surface area contributed by atoms with Crippen molar-refractivity contribution in [1.29, 1.82) is 0 Å². The van der Waals surface area contributed by atoms with E-state index in [-0.39, 0.29) is 0 Å². The first-order valence-electron chi connectivity index (χ1n) is 5.12. The molecule has 2 nitrogen and oxygen atoms in total. The molecule has 1 saturated heterocycles. The highest BCUT2D eigenvalue weighted by Gasteiger charge is 2.34. The summed E-state index contributed by atoms with van der Waals surface area (Å²) in [7, 11) is 0. The second-order valence-corrected chi connectivity index (χ2v) is 4.46. The summed E-state index contributed by atoms with van der Waals surface area (Å²) < 4.78 is 0. The molecule has 0 saturated carbocycles. The highest BCUT2D eigenvalue weighted by molar-refractivity contribution is 6.33. The van der Waals surface area contributed by atoms with Crippen LogP contribution in [0.15, 0.2) is 18.2 Å². The van der Waals surface area contributed by atoms with E-state index in [9.17, 15) is 0 Å². The molecule has 3 rings (SSSR count). The van der Waals surface area contributed by atoms with Crippen LogP contribution in [-0.4, -0.2) is 19.1 Å². The molecule has 1 fully saturated rings. The van der Waals surface area contributed by atoms with Crippen molar-refractivity contribution in [3.8, 4) is 0 Å². The molecule has 2 N–H and O–H groups in total. The first kappa shape index (κ1) is 8.57. The molecule has 14 heavy (non-hydrogen) atoms. The van der Waals surface area contributed by atoms with Gasteiger partial charge in [0.25, 0.3) is 0 Å². The van der Waals surface area contributed by atoms with E-state index in [2.05, 4.69) is 16.7 Å². The molecule has 1 aromatic carbocycles. The lowest BCUT2D eigenvalue weighted by Crippen LogP contribution is -2.38. The predicted octanol–water partition coefficient (Wildman–Crippen LogP) is 2.21. The lowest BCUT2D eigenvalue weighted by molar-refractivity contribution is 0.440. The molecule has 0 aliphatic carbocycles. The van der Waals surface area contributed by atoms with Crippen molar-refractivity contribution in [3.05, 3.63) is 28.8 Å². The Kier molecular flexibility index (Phi) is 1.92. The Balaban J connectivity index is 2.05. The fraction of sp³-hybridized carbons (Fsp3) is 0.455. The van der Waals surface area contributed by atoms with Gasteiger partial charge in [-0.15, -0.1) is 0 Å². The molecule has 2 aliphatic rings. The van der Waals surface area contributed by atoms with Crippen LogP contribution in [-0.2, 0) is 0 Å². The van der Waals surface area contributed by atoms with Crippen LogP contribution in [0.1, 0.15) is 17.9 Å². The van der Waals surface area contributed by atoms with E-state index in [0.717, 1.165) is 23.8 Å². The van der Waals surface area contributed by atoms with Crippen LogP contribution >= 0.6 is 11.6 Å². The second-order valence-electron chi connectivity index (χ2n) is 4.05. The summed E-state index contributed by atoms with van der Waals surface area (Å²) in [6, 6.07) is 6.77. The van der Waals surface area contributed by atoms with Crippen LogP contribution in [0.3, 0.4) is 0 Å². The molecule has 1 aromatic rings. The van der Waals surface area contributed by atoms with E-state index >= 15 is 0 Å². The van der Waals surface area contributed by atoms with Gasteiger partial charge in [0.05, 0.1) is 10.7 Å². The van der Waals surface area contributed by atoms with E-state index in [1.165, 1.54) is 12.0 Å². The van der Waals surface area contributed by atoms with Gasteiger partial charge in [-0.25, -0.2) is 0 Å². The third-order valence-electron chi connectivity index (χ3n) is 3.26. The smallest absolute Gasteiger partial charge is 0.0640 e. The Hall–Kier alpha value is -0.730. The number of fused-ring (bicyclic) bond motifs is 3. The van der Waals surface area contributed by atoms with Gasteiger partial charge in [-0.3, -0.25) is 0 Å². The van der Waals surface area contributed by atoms with Crippen molar-refractivity contribution in [3.63, 3.8) is 0 Å². The molecule has 0 bridgehead atoms. The lowest BCUT2D eigenvalue weighted by atomic mass is 9.91. The van der Waals surface area contributed by atoms with Crippen molar-refractivity contribution in [2.75, 3.05) is 18.4 Å². The number of rotatable bonds is 0. The van der Waals surface area contributed by atoms with Gasteiger partial charge < -0.3 is 10.6 Å². The third kappa shape index (κ3) is 1.14. The Morgan fingerprint density at radius 3 is 3.21 bits per heavy atom. The Bertz CT molecular complexity index is 364. The van der Waals surface area contributed by atoms with Gasteiger partial charge in [-0.1, -0.05) is 23.7 Å². The maximum absolute atomic E-state index is 6.15. The summed E-state index contributed by atoms with van der Waals surface area (Å²) in [6.07, 6.45) is 1.19. The molecule has 0 amide bonds. The largest absolute Gasteiger partial charge is 0.380 e. The minimum Gasteiger partial charge on any atom is -0.380 e. The average Bonchev–Trinajstić information content (AvgIpc) is 2.59. The second kappa shape index (κ2) is 3.14. The van der Waals surface area contributed by atoms with Crippen LogP contribution in [0, 0.1) is 0 Å². The lowest BCUT2D eigenvalue weighted by Gasteiger charge is -2.26. The maximum atomic E-state index is 6.15. The van der Waals surface area contributed by atoms with Crippen molar-refractivity contribution >= 4 is 17.3 Å². The van der Waals surface area contributed by atoms with Crippen LogP contribution < -0.4 is 10.6 Å². The Labute approximate surface area is 88.6 Å². The molecule has 2 atom stereocenters. The molecule has 3 heteroatoms. The number of hydrogen-bond acceptors (Lipinski definition) is 2. The molecule has 74 valence electrons. The standard InChI is InChI=1S/C11H13ClN2/c12-9-3-1-2-7-8-6-13-5-4-10(8)14-11(7)9/h1-3,8,10,13-14H,4-6H2. The van der Waals surface area contributed by atoms with Crippen LogP contribution in [0.5, 0.6) is 0 Å². The molecular formula is C11H13ClN2. The molecule has 0 aromatic heterocycles. The fourth-order valence-corrected chi connectivity index (χ4v) is 2.78. The minimum absolute atomic E-state index is 0.589. The molecule has 2 heterocycles. The van der Waals surface area contributed by atoms with E-state index in [4.69, 9.17) is 11.6 Å². The van der Waals surface area contributed by atoms with Crippen molar-refractivity contribution in [2.24, 2.45) is 0 Å². The summed E-state index contributed by atoms with van der Waals surface area (Å²) in [6.45, 7) is 2.19. The minimum atomic E-state index is 0.589. The van der Waals surface area contributed by atoms with E-state index < -0.39 is 0 Å². The number of hydrogen-bond donors (Lipinski definition) is 2. The van der Waals surface area contributed by atoms with Gasteiger partial charge in [0.1, 0.15) is 0 Å². The van der Waals surface area contributed by atoms with Crippen LogP contribution in [0.4, 0.5) is 5.69 Å². The summed E-state index contributed by atoms with van der Waals surface area (Å²) in [5.41, 5.74) is 2.54. The van der Waals surface area contributed by atoms with Gasteiger partial charge in [-0.05, 0) is 24.6 Å². The Morgan fingerprint density at radius 2 is 2.29 bits per heavy atom. The van der Waals surface area contributed by atoms with Gasteiger partial charge in [0.15, 0.2) is 0 Å². The maximum Gasteiger partial charge on any atom is 0.0640 e. The van der Waals surface area contributed by atoms with Crippen LogP contribution in [0.2, 0.25) is 5.02 Å². The number of halogens is 1. The predicted molar refractivity (Wildman–Crippen MR) is 59.1 cm³/mol. The molecule has 2 unspecified atom stereocenters. The highest BCUT2D eigenvalue weighted by Crippen LogP contribution is 2.41. The van der Waals surface area contributed by atoms with Gasteiger partial charge >= 0.3 is 0 Å². The van der Waals surface area contributed by atoms with E-state index in [1.54, 1.807) is 0 Å². The third-order valence-corrected chi connectivity index (χ3v) is 3.57. The molecule has 2 aliphatic heterocycles. The zero-order valence-corrected chi connectivity index (χ0v) is 8.64. The topological polar surface area (TPSA) is 24.1 Å². The van der Waals surface area contributed by atoms with Crippen LogP contribution in [0.25, 0.3) is 0 Å². The van der Waals surface area contributed by atoms with Crippen molar-refractivity contribution < 1.29 is 0 Å². The summed E-state index contributed by atoms with van der Waals surface area (Å²) >= 11 is 6.15. The number of benzene rings is 1. The van der Waals surface area contributed by atoms with Gasteiger partial charge in [0.2, 0.25) is 0 Å². The molecular weight excluding hydrogens is 196 g/mol. The summed E-state index contributed by atoms with van der Waals surface area (Å²) in [5.74, 6) is 0.609. The average molecular weight is 209 g/mol. The SMILES string of the molecule is Clc1cccc2c1NC1CCNCC21. The molecule has 0 spiro atoms. The molecule has 0 radical (unpaired) electrons. The van der Waals surface area contributed by atoms with E-state index in [1.807, 2.05) is 12.1 Å². The zero-order valence-electron chi connectivity index (χ0n) is 7.89. The number of nitrogens with one attached hydrogen (secondary N) is 2. The number of piperidine rings is 1. The van der Waals surface area contributed by atoms with Gasteiger partial charge in [-0.2, -0.15) is 0 Å². The Morgan fingerprint density at radius 1 is 1.36 bits per heavy atom. The summed E-state index contributed by atoms with van der Waals surface area (Å²) in [5, 5.41) is 7.82. The quantitative estimate of drug-likeness (QED) is 0.683. The van der Waals surface area contributed by atoms with Crippen molar-refractivity contribution in [2.45, 2.75) is 18.4 Å². The monoisotopic (exact) mass is 208 g/mol. The van der Waals surface area contributed by atoms with E-state index in [0.29, 0.717) is 12.0 Å². The first-order valence-corrected chi connectivity index (χ1v) is 5.50. The summed E-state index contributed by atoms with van der Waals surface area (Å²) in [4.78, 5) is 0. The fourth-order valence-electron chi connectivity index (χ4n) is 2.55. The number of anilines is 1. The highest BCUT2D eigenvalue weighted by atomic mass is 35.5. The number of para-hydroxylation sites is 1. The van der Waals surface area contributed by atoms with Gasteiger partial charge in [0, 0.05) is 18.5 Å². The zero-order chi connectivity index (χ0) is 9.54. The normalized spacial score (nSPS) is 29.2. The first-order chi connectivity index (χ1) is 6.86.